The molecule has 0 saturated heterocycles. The van der Waals surface area contributed by atoms with Crippen LogP contribution in [0.1, 0.15) is 48.2 Å². The fraction of sp³-hybridized carbons (Fsp3) is 0.786. The predicted molar refractivity (Wildman–Crippen MR) is 76.1 cm³/mol. The third-order valence-electron chi connectivity index (χ3n) is 4.09. The van der Waals surface area contributed by atoms with Crippen LogP contribution in [-0.2, 0) is 6.42 Å². The van der Waals surface area contributed by atoms with Crippen molar-refractivity contribution in [3.63, 3.8) is 0 Å². The van der Waals surface area contributed by atoms with Crippen LogP contribution >= 0.6 is 22.9 Å². The summed E-state index contributed by atoms with van der Waals surface area (Å²) in [6.45, 7) is 6.56. The van der Waals surface area contributed by atoms with E-state index in [-0.39, 0.29) is 0 Å². The SMILES string of the molecule is CCC1CCC(Cl)C(Cc2nc(C)c(C)s2)C1. The molecule has 1 aliphatic rings. The summed E-state index contributed by atoms with van der Waals surface area (Å²) in [7, 11) is 0. The maximum Gasteiger partial charge on any atom is 0.0934 e. The monoisotopic (exact) mass is 271 g/mol. The molecular weight excluding hydrogens is 250 g/mol. The second-order valence-electron chi connectivity index (χ2n) is 5.32. The van der Waals surface area contributed by atoms with Gasteiger partial charge in [0.1, 0.15) is 0 Å². The van der Waals surface area contributed by atoms with Gasteiger partial charge in [0.05, 0.1) is 10.7 Å². The number of halogens is 1. The number of alkyl halides is 1. The second-order valence-corrected chi connectivity index (χ2v) is 7.17. The summed E-state index contributed by atoms with van der Waals surface area (Å²) in [4.78, 5) is 6.01. The highest BCUT2D eigenvalue weighted by atomic mass is 35.5. The van der Waals surface area contributed by atoms with Crippen molar-refractivity contribution in [3.8, 4) is 0 Å². The van der Waals surface area contributed by atoms with Crippen LogP contribution in [0.2, 0.25) is 0 Å². The summed E-state index contributed by atoms with van der Waals surface area (Å²) in [5.74, 6) is 1.53. The molecule has 2 rings (SSSR count). The highest BCUT2D eigenvalue weighted by molar-refractivity contribution is 7.11. The molecule has 0 N–H and O–H groups in total. The lowest BCUT2D eigenvalue weighted by Gasteiger charge is -2.32. The Kier molecular flexibility index (Phi) is 4.48. The zero-order chi connectivity index (χ0) is 12.4. The first kappa shape index (κ1) is 13.4. The molecule has 0 aliphatic heterocycles. The summed E-state index contributed by atoms with van der Waals surface area (Å²) < 4.78 is 0. The Hall–Kier alpha value is -0.0800. The molecule has 1 saturated carbocycles. The first-order valence-corrected chi connectivity index (χ1v) is 7.92. The van der Waals surface area contributed by atoms with Gasteiger partial charge in [-0.15, -0.1) is 22.9 Å². The number of hydrogen-bond donors (Lipinski definition) is 0. The molecule has 1 nitrogen and oxygen atoms in total. The molecule has 0 bridgehead atoms. The standard InChI is InChI=1S/C14H22ClNS/c1-4-11-5-6-13(15)12(7-11)8-14-16-9(2)10(3)17-14/h11-13H,4-8H2,1-3H3. The van der Waals surface area contributed by atoms with E-state index in [1.807, 2.05) is 11.3 Å². The fourth-order valence-corrected chi connectivity index (χ4v) is 4.10. The van der Waals surface area contributed by atoms with Crippen LogP contribution in [0.15, 0.2) is 0 Å². The Morgan fingerprint density at radius 1 is 1.35 bits per heavy atom. The molecule has 0 aromatic carbocycles. The van der Waals surface area contributed by atoms with Gasteiger partial charge in [0.25, 0.3) is 0 Å². The smallest absolute Gasteiger partial charge is 0.0934 e. The van der Waals surface area contributed by atoms with Gasteiger partial charge >= 0.3 is 0 Å². The third kappa shape index (κ3) is 3.23. The molecule has 0 amide bonds. The Bertz CT molecular complexity index is 355. The molecule has 0 spiro atoms. The molecule has 1 heterocycles. The van der Waals surface area contributed by atoms with Crippen molar-refractivity contribution in [3.05, 3.63) is 15.6 Å². The third-order valence-corrected chi connectivity index (χ3v) is 5.76. The van der Waals surface area contributed by atoms with Crippen LogP contribution < -0.4 is 0 Å². The van der Waals surface area contributed by atoms with Gasteiger partial charge < -0.3 is 0 Å². The van der Waals surface area contributed by atoms with Crippen molar-refractivity contribution in [2.24, 2.45) is 11.8 Å². The van der Waals surface area contributed by atoms with E-state index in [9.17, 15) is 0 Å². The van der Waals surface area contributed by atoms with E-state index in [4.69, 9.17) is 11.6 Å². The van der Waals surface area contributed by atoms with Crippen molar-refractivity contribution < 1.29 is 0 Å². The van der Waals surface area contributed by atoms with E-state index in [0.717, 1.165) is 12.3 Å². The van der Waals surface area contributed by atoms with E-state index < -0.39 is 0 Å². The van der Waals surface area contributed by atoms with Crippen LogP contribution in [0.3, 0.4) is 0 Å². The zero-order valence-electron chi connectivity index (χ0n) is 11.0. The lowest BCUT2D eigenvalue weighted by molar-refractivity contribution is 0.264. The van der Waals surface area contributed by atoms with Gasteiger partial charge in [-0.25, -0.2) is 4.98 Å². The van der Waals surface area contributed by atoms with Gasteiger partial charge in [0.2, 0.25) is 0 Å². The maximum absolute atomic E-state index is 6.48. The molecule has 3 atom stereocenters. The highest BCUT2D eigenvalue weighted by Crippen LogP contribution is 2.36. The van der Waals surface area contributed by atoms with E-state index >= 15 is 0 Å². The summed E-state index contributed by atoms with van der Waals surface area (Å²) in [6.07, 6.45) is 6.19. The van der Waals surface area contributed by atoms with Crippen LogP contribution in [0.4, 0.5) is 0 Å². The largest absolute Gasteiger partial charge is 0.246 e. The number of nitrogens with zero attached hydrogens (tertiary/aromatic N) is 1. The molecule has 17 heavy (non-hydrogen) atoms. The van der Waals surface area contributed by atoms with Crippen LogP contribution in [0.5, 0.6) is 0 Å². The molecule has 3 heteroatoms. The van der Waals surface area contributed by atoms with Crippen molar-refractivity contribution in [1.82, 2.24) is 4.98 Å². The Balaban J connectivity index is 2.01. The topological polar surface area (TPSA) is 12.9 Å². The summed E-state index contributed by atoms with van der Waals surface area (Å²) in [5, 5.41) is 1.65. The maximum atomic E-state index is 6.48. The molecule has 1 fully saturated rings. The van der Waals surface area contributed by atoms with Crippen molar-refractivity contribution in [1.29, 1.82) is 0 Å². The number of aryl methyl sites for hydroxylation is 2. The normalized spacial score (nSPS) is 29.5. The van der Waals surface area contributed by atoms with E-state index in [0.29, 0.717) is 11.3 Å². The van der Waals surface area contributed by atoms with Gasteiger partial charge in [0, 0.05) is 16.7 Å². The first-order valence-electron chi connectivity index (χ1n) is 6.67. The highest BCUT2D eigenvalue weighted by Gasteiger charge is 2.29. The molecule has 3 unspecified atom stereocenters. The average Bonchev–Trinajstić information content (AvgIpc) is 2.61. The van der Waals surface area contributed by atoms with Crippen LogP contribution in [0, 0.1) is 25.7 Å². The second kappa shape index (κ2) is 5.71. The van der Waals surface area contributed by atoms with Gasteiger partial charge in [-0.3, -0.25) is 0 Å². The van der Waals surface area contributed by atoms with Gasteiger partial charge in [0.15, 0.2) is 0 Å². The quantitative estimate of drug-likeness (QED) is 0.724. The van der Waals surface area contributed by atoms with Crippen LogP contribution in [0.25, 0.3) is 0 Å². The number of thiazole rings is 1. The van der Waals surface area contributed by atoms with Crippen LogP contribution in [-0.4, -0.2) is 10.4 Å². The molecule has 1 aromatic rings. The minimum atomic E-state index is 0.363. The van der Waals surface area contributed by atoms with Crippen molar-refractivity contribution >= 4 is 22.9 Å². The predicted octanol–water partition coefficient (Wildman–Crippen LogP) is 4.74. The lowest BCUT2D eigenvalue weighted by atomic mass is 9.78. The summed E-state index contributed by atoms with van der Waals surface area (Å²) in [5.41, 5.74) is 1.19. The minimum Gasteiger partial charge on any atom is -0.246 e. The molecule has 96 valence electrons. The van der Waals surface area contributed by atoms with Gasteiger partial charge in [-0.05, 0) is 44.9 Å². The number of rotatable bonds is 3. The van der Waals surface area contributed by atoms with Gasteiger partial charge in [-0.2, -0.15) is 0 Å². The number of aromatic nitrogens is 1. The average molecular weight is 272 g/mol. The first-order chi connectivity index (χ1) is 8.10. The molecule has 1 aromatic heterocycles. The molecule has 0 radical (unpaired) electrons. The Labute approximate surface area is 114 Å². The van der Waals surface area contributed by atoms with Gasteiger partial charge in [-0.1, -0.05) is 13.3 Å². The number of hydrogen-bond acceptors (Lipinski definition) is 2. The minimum absolute atomic E-state index is 0.363. The summed E-state index contributed by atoms with van der Waals surface area (Å²) in [6, 6.07) is 0. The van der Waals surface area contributed by atoms with Crippen molar-refractivity contribution in [2.75, 3.05) is 0 Å². The zero-order valence-corrected chi connectivity index (χ0v) is 12.6. The van der Waals surface area contributed by atoms with E-state index in [1.165, 1.54) is 41.3 Å². The lowest BCUT2D eigenvalue weighted by Crippen LogP contribution is -2.26. The Morgan fingerprint density at radius 3 is 2.71 bits per heavy atom. The van der Waals surface area contributed by atoms with E-state index in [1.54, 1.807) is 0 Å². The Morgan fingerprint density at radius 2 is 2.12 bits per heavy atom. The molecular formula is C14H22ClNS. The van der Waals surface area contributed by atoms with Crippen molar-refractivity contribution in [2.45, 2.75) is 58.3 Å². The molecule has 1 aliphatic carbocycles. The van der Waals surface area contributed by atoms with E-state index in [2.05, 4.69) is 25.8 Å². The fourth-order valence-electron chi connectivity index (χ4n) is 2.76. The summed E-state index contributed by atoms with van der Waals surface area (Å²) >= 11 is 8.33.